The number of rotatable bonds is 7. The van der Waals surface area contributed by atoms with Crippen molar-refractivity contribution in [3.63, 3.8) is 0 Å². The summed E-state index contributed by atoms with van der Waals surface area (Å²) >= 11 is 0. The molecule has 0 aliphatic heterocycles. The maximum atomic E-state index is 5.36. The highest BCUT2D eigenvalue weighted by atomic mass is 14.5. The van der Waals surface area contributed by atoms with Crippen molar-refractivity contribution in [2.24, 2.45) is 5.41 Å². The minimum absolute atomic E-state index is 0.545. The Morgan fingerprint density at radius 3 is 1.70 bits per heavy atom. The van der Waals surface area contributed by atoms with Gasteiger partial charge >= 0.3 is 0 Å². The molecule has 1 rings (SSSR count). The Labute approximate surface area is 127 Å². The molecule has 0 saturated heterocycles. The summed E-state index contributed by atoms with van der Waals surface area (Å²) < 4.78 is 0. The van der Waals surface area contributed by atoms with Crippen LogP contribution in [0.15, 0.2) is 30.3 Å². The van der Waals surface area contributed by atoms with Crippen molar-refractivity contribution < 1.29 is 0 Å². The van der Waals surface area contributed by atoms with Crippen LogP contribution in [-0.2, 0) is 0 Å². The molecule has 0 saturated carbocycles. The van der Waals surface area contributed by atoms with Crippen LogP contribution in [0.25, 0.3) is 0 Å². The maximum Gasteiger partial charge on any atom is 0.0313 e. The van der Waals surface area contributed by atoms with Crippen molar-refractivity contribution >= 4 is 5.69 Å². The van der Waals surface area contributed by atoms with Crippen molar-refractivity contribution in [1.29, 1.82) is 0 Å². The molecule has 0 aliphatic carbocycles. The van der Waals surface area contributed by atoms with E-state index in [1.807, 2.05) is 30.3 Å². The summed E-state index contributed by atoms with van der Waals surface area (Å²) in [5.74, 6) is 0. The topological polar surface area (TPSA) is 26.0 Å². The van der Waals surface area contributed by atoms with Crippen LogP contribution in [0.1, 0.15) is 79.1 Å². The molecule has 0 spiro atoms. The largest absolute Gasteiger partial charge is 0.399 e. The summed E-state index contributed by atoms with van der Waals surface area (Å²) in [6.45, 7) is 9.29. The zero-order valence-electron chi connectivity index (χ0n) is 14.1. The van der Waals surface area contributed by atoms with Gasteiger partial charge in [0.25, 0.3) is 0 Å². The Bertz CT molecular complexity index is 297. The smallest absolute Gasteiger partial charge is 0.0313 e. The fourth-order valence-electron chi connectivity index (χ4n) is 2.07. The Balaban J connectivity index is 0.000000428. The number of unbranched alkanes of at least 4 members (excludes halogenated alkanes) is 6. The molecule has 0 bridgehead atoms. The first-order chi connectivity index (χ1) is 9.45. The molecular weight excluding hydrogens is 242 g/mol. The number of hydrogen-bond acceptors (Lipinski definition) is 1. The van der Waals surface area contributed by atoms with Crippen LogP contribution in [0.2, 0.25) is 0 Å². The molecule has 0 aliphatic rings. The quantitative estimate of drug-likeness (QED) is 0.450. The van der Waals surface area contributed by atoms with Gasteiger partial charge in [-0.25, -0.2) is 0 Å². The highest BCUT2D eigenvalue weighted by molar-refractivity contribution is 5.35. The van der Waals surface area contributed by atoms with Crippen LogP contribution in [-0.4, -0.2) is 0 Å². The zero-order chi connectivity index (χ0) is 15.3. The number of nitrogens with two attached hydrogens (primary N) is 1. The van der Waals surface area contributed by atoms with Gasteiger partial charge in [-0.1, -0.05) is 90.8 Å². The lowest BCUT2D eigenvalue weighted by Crippen LogP contribution is -2.03. The predicted molar refractivity (Wildman–Crippen MR) is 92.9 cm³/mol. The van der Waals surface area contributed by atoms with E-state index in [9.17, 15) is 0 Å². The highest BCUT2D eigenvalue weighted by Crippen LogP contribution is 2.22. The molecule has 0 atom stereocenters. The van der Waals surface area contributed by atoms with Gasteiger partial charge in [0.2, 0.25) is 0 Å². The van der Waals surface area contributed by atoms with Gasteiger partial charge in [0, 0.05) is 5.69 Å². The predicted octanol–water partition coefficient (Wildman–Crippen LogP) is 6.44. The van der Waals surface area contributed by atoms with Crippen molar-refractivity contribution in [3.05, 3.63) is 30.3 Å². The Kier molecular flexibility index (Phi) is 11.2. The minimum Gasteiger partial charge on any atom is -0.399 e. The van der Waals surface area contributed by atoms with Gasteiger partial charge in [0.1, 0.15) is 0 Å². The van der Waals surface area contributed by atoms with Gasteiger partial charge in [0.05, 0.1) is 0 Å². The van der Waals surface area contributed by atoms with Crippen LogP contribution >= 0.6 is 0 Å². The first-order valence-electron chi connectivity index (χ1n) is 8.26. The van der Waals surface area contributed by atoms with E-state index in [4.69, 9.17) is 5.73 Å². The van der Waals surface area contributed by atoms with Crippen LogP contribution in [0.3, 0.4) is 0 Å². The van der Waals surface area contributed by atoms with Crippen LogP contribution in [0, 0.1) is 5.41 Å². The monoisotopic (exact) mass is 277 g/mol. The van der Waals surface area contributed by atoms with Gasteiger partial charge in [-0.2, -0.15) is 0 Å². The molecule has 1 heteroatoms. The van der Waals surface area contributed by atoms with E-state index in [1.165, 1.54) is 51.4 Å². The summed E-state index contributed by atoms with van der Waals surface area (Å²) in [6.07, 6.45) is 11.4. The summed E-state index contributed by atoms with van der Waals surface area (Å²) in [7, 11) is 0. The van der Waals surface area contributed by atoms with E-state index in [1.54, 1.807) is 0 Å². The summed E-state index contributed by atoms with van der Waals surface area (Å²) in [6, 6.07) is 9.49. The molecule has 0 aromatic heterocycles. The van der Waals surface area contributed by atoms with Crippen LogP contribution < -0.4 is 5.73 Å². The molecule has 0 heterocycles. The second kappa shape index (κ2) is 11.8. The Morgan fingerprint density at radius 1 is 0.800 bits per heavy atom. The van der Waals surface area contributed by atoms with E-state index < -0.39 is 0 Å². The van der Waals surface area contributed by atoms with Crippen molar-refractivity contribution in [1.82, 2.24) is 0 Å². The van der Waals surface area contributed by atoms with Crippen molar-refractivity contribution in [2.75, 3.05) is 5.73 Å². The van der Waals surface area contributed by atoms with Gasteiger partial charge in [-0.3, -0.25) is 0 Å². The third-order valence-electron chi connectivity index (χ3n) is 3.33. The fraction of sp³-hybridized carbons (Fsp3) is 0.684. The van der Waals surface area contributed by atoms with Crippen molar-refractivity contribution in [3.8, 4) is 0 Å². The number of anilines is 1. The Morgan fingerprint density at radius 2 is 1.30 bits per heavy atom. The average Bonchev–Trinajstić information content (AvgIpc) is 2.38. The lowest BCUT2D eigenvalue weighted by molar-refractivity contribution is 0.356. The molecule has 1 aromatic rings. The number of hydrogen-bond donors (Lipinski definition) is 1. The minimum atomic E-state index is 0.545. The summed E-state index contributed by atoms with van der Waals surface area (Å²) in [5.41, 5.74) is 6.72. The molecule has 1 aromatic carbocycles. The molecule has 0 amide bonds. The normalized spacial score (nSPS) is 10.8. The van der Waals surface area contributed by atoms with E-state index in [2.05, 4.69) is 27.7 Å². The zero-order valence-corrected chi connectivity index (χ0v) is 14.1. The molecular formula is C19H35N. The second-order valence-electron chi connectivity index (χ2n) is 6.84. The molecule has 116 valence electrons. The molecule has 2 N–H and O–H groups in total. The lowest BCUT2D eigenvalue weighted by atomic mass is 9.89. The maximum absolute atomic E-state index is 5.36. The number of benzene rings is 1. The van der Waals surface area contributed by atoms with Crippen LogP contribution in [0.4, 0.5) is 5.69 Å². The highest BCUT2D eigenvalue weighted by Gasteiger charge is 2.08. The molecule has 20 heavy (non-hydrogen) atoms. The number of para-hydroxylation sites is 1. The van der Waals surface area contributed by atoms with E-state index >= 15 is 0 Å². The second-order valence-corrected chi connectivity index (χ2v) is 6.84. The number of nitrogen functional groups attached to an aromatic ring is 1. The average molecular weight is 277 g/mol. The standard InChI is InChI=1S/C13H28.C6H7N/c1-5-6-7-8-9-10-11-12-13(2,3)4;7-6-4-2-1-3-5-6/h5-12H2,1-4H3;1-5H,7H2. The van der Waals surface area contributed by atoms with Gasteiger partial charge in [0.15, 0.2) is 0 Å². The third-order valence-corrected chi connectivity index (χ3v) is 3.33. The molecule has 1 nitrogen and oxygen atoms in total. The van der Waals surface area contributed by atoms with E-state index in [0.29, 0.717) is 5.41 Å². The molecule has 0 unspecified atom stereocenters. The van der Waals surface area contributed by atoms with Gasteiger partial charge in [-0.05, 0) is 24.0 Å². The van der Waals surface area contributed by atoms with Crippen LogP contribution in [0.5, 0.6) is 0 Å². The lowest BCUT2D eigenvalue weighted by Gasteiger charge is -2.17. The molecule has 0 radical (unpaired) electrons. The third kappa shape index (κ3) is 15.1. The summed E-state index contributed by atoms with van der Waals surface area (Å²) in [5, 5.41) is 0. The summed E-state index contributed by atoms with van der Waals surface area (Å²) in [4.78, 5) is 0. The first-order valence-corrected chi connectivity index (χ1v) is 8.26. The van der Waals surface area contributed by atoms with Crippen molar-refractivity contribution in [2.45, 2.75) is 79.1 Å². The fourth-order valence-corrected chi connectivity index (χ4v) is 2.07. The SMILES string of the molecule is CCCCCCCCCC(C)(C)C.Nc1ccccc1. The van der Waals surface area contributed by atoms with E-state index in [0.717, 1.165) is 5.69 Å². The first kappa shape index (κ1) is 19.0. The Hall–Kier alpha value is -0.980. The van der Waals surface area contributed by atoms with E-state index in [-0.39, 0.29) is 0 Å². The van der Waals surface area contributed by atoms with Gasteiger partial charge in [-0.15, -0.1) is 0 Å². The van der Waals surface area contributed by atoms with Gasteiger partial charge < -0.3 is 5.73 Å². The molecule has 0 fully saturated rings.